The lowest BCUT2D eigenvalue weighted by Gasteiger charge is -2.48. The average Bonchev–Trinajstić information content (AvgIpc) is 2.46. The van der Waals surface area contributed by atoms with Gasteiger partial charge in [-0.1, -0.05) is 6.42 Å². The fourth-order valence-electron chi connectivity index (χ4n) is 3.14. The van der Waals surface area contributed by atoms with Crippen molar-refractivity contribution in [2.24, 2.45) is 5.73 Å². The van der Waals surface area contributed by atoms with Crippen LogP contribution in [0.15, 0.2) is 0 Å². The Morgan fingerprint density at radius 1 is 1.32 bits per heavy atom. The van der Waals surface area contributed by atoms with E-state index in [1.165, 1.54) is 19.3 Å². The molecule has 19 heavy (non-hydrogen) atoms. The van der Waals surface area contributed by atoms with E-state index in [0.717, 1.165) is 39.1 Å². The number of nitrogens with two attached hydrogens (primary N) is 1. The van der Waals surface area contributed by atoms with Gasteiger partial charge < -0.3 is 15.8 Å². The predicted octanol–water partition coefficient (Wildman–Crippen LogP) is 0.485. The number of hydrogen-bond acceptors (Lipinski definition) is 4. The van der Waals surface area contributed by atoms with Crippen molar-refractivity contribution < 1.29 is 9.53 Å². The number of likely N-dealkylation sites (tertiary alicyclic amines) is 1. The smallest absolute Gasteiger partial charge is 0.236 e. The minimum absolute atomic E-state index is 0.0529. The van der Waals surface area contributed by atoms with Crippen LogP contribution in [-0.2, 0) is 9.53 Å². The monoisotopic (exact) mass is 269 g/mol. The molecule has 0 aliphatic carbocycles. The van der Waals surface area contributed by atoms with E-state index in [1.807, 2.05) is 0 Å². The Morgan fingerprint density at radius 3 is 2.53 bits per heavy atom. The first-order valence-electron chi connectivity index (χ1n) is 7.50. The second-order valence-corrected chi connectivity index (χ2v) is 5.89. The molecule has 0 spiro atoms. The molecule has 0 unspecified atom stereocenters. The molecule has 0 bridgehead atoms. The van der Waals surface area contributed by atoms with Crippen LogP contribution in [0.1, 0.15) is 39.0 Å². The van der Waals surface area contributed by atoms with Gasteiger partial charge in [0.15, 0.2) is 0 Å². The molecule has 2 rings (SSSR count). The van der Waals surface area contributed by atoms with Crippen molar-refractivity contribution in [3.05, 3.63) is 0 Å². The molecule has 110 valence electrons. The summed E-state index contributed by atoms with van der Waals surface area (Å²) < 4.78 is 5.51. The highest BCUT2D eigenvalue weighted by atomic mass is 16.5. The van der Waals surface area contributed by atoms with E-state index in [9.17, 15) is 4.79 Å². The lowest BCUT2D eigenvalue weighted by Crippen LogP contribution is -2.60. The molecular weight excluding hydrogens is 242 g/mol. The van der Waals surface area contributed by atoms with Crippen molar-refractivity contribution in [1.82, 2.24) is 10.2 Å². The lowest BCUT2D eigenvalue weighted by molar-refractivity contribution is -0.123. The quantitative estimate of drug-likeness (QED) is 0.779. The minimum atomic E-state index is -0.432. The first-order chi connectivity index (χ1) is 9.14. The van der Waals surface area contributed by atoms with Crippen molar-refractivity contribution in [2.75, 3.05) is 32.8 Å². The molecule has 5 nitrogen and oxygen atoms in total. The van der Waals surface area contributed by atoms with Crippen molar-refractivity contribution in [3.8, 4) is 0 Å². The number of hydrogen-bond donors (Lipinski definition) is 2. The molecular formula is C14H27N3O2. The van der Waals surface area contributed by atoms with Gasteiger partial charge in [-0.3, -0.25) is 9.69 Å². The van der Waals surface area contributed by atoms with Crippen LogP contribution in [-0.4, -0.2) is 55.2 Å². The van der Waals surface area contributed by atoms with Crippen LogP contribution in [0.3, 0.4) is 0 Å². The van der Waals surface area contributed by atoms with Gasteiger partial charge in [0, 0.05) is 25.3 Å². The highest BCUT2D eigenvalue weighted by Crippen LogP contribution is 2.30. The highest BCUT2D eigenvalue weighted by Gasteiger charge is 2.39. The van der Waals surface area contributed by atoms with Gasteiger partial charge in [0.2, 0.25) is 5.91 Å². The Labute approximate surface area is 115 Å². The normalized spacial score (nSPS) is 25.8. The van der Waals surface area contributed by atoms with Crippen molar-refractivity contribution in [3.63, 3.8) is 0 Å². The topological polar surface area (TPSA) is 67.6 Å². The van der Waals surface area contributed by atoms with Gasteiger partial charge in [-0.15, -0.1) is 0 Å². The first-order valence-corrected chi connectivity index (χ1v) is 7.50. The molecule has 2 aliphatic heterocycles. The van der Waals surface area contributed by atoms with Crippen LogP contribution in [0.2, 0.25) is 0 Å². The SMILES string of the molecule is C[C@@H](N)C(=O)NCC1(N2CCCCC2)CCOCC1. The highest BCUT2D eigenvalue weighted by molar-refractivity contribution is 5.81. The van der Waals surface area contributed by atoms with Crippen LogP contribution < -0.4 is 11.1 Å². The number of carbonyl (C=O) groups is 1. The van der Waals surface area contributed by atoms with Crippen molar-refractivity contribution >= 4 is 5.91 Å². The summed E-state index contributed by atoms with van der Waals surface area (Å²) in [6, 6.07) is -0.432. The molecule has 0 radical (unpaired) electrons. The van der Waals surface area contributed by atoms with Gasteiger partial charge in [-0.25, -0.2) is 0 Å². The lowest BCUT2D eigenvalue weighted by atomic mass is 9.86. The minimum Gasteiger partial charge on any atom is -0.381 e. The first kappa shape index (κ1) is 14.8. The van der Waals surface area contributed by atoms with Crippen LogP contribution in [0.4, 0.5) is 0 Å². The van der Waals surface area contributed by atoms with Gasteiger partial charge in [0.05, 0.1) is 6.04 Å². The number of nitrogens with zero attached hydrogens (tertiary/aromatic N) is 1. The molecule has 2 fully saturated rings. The van der Waals surface area contributed by atoms with E-state index in [4.69, 9.17) is 10.5 Å². The second kappa shape index (κ2) is 6.68. The number of carbonyl (C=O) groups excluding carboxylic acids is 1. The van der Waals surface area contributed by atoms with Gasteiger partial charge in [0.1, 0.15) is 0 Å². The number of amides is 1. The number of nitrogens with one attached hydrogen (secondary N) is 1. The predicted molar refractivity (Wildman–Crippen MR) is 74.9 cm³/mol. The van der Waals surface area contributed by atoms with E-state index in [1.54, 1.807) is 6.92 Å². The molecule has 5 heteroatoms. The Balaban J connectivity index is 1.99. The average molecular weight is 269 g/mol. The summed E-state index contributed by atoms with van der Waals surface area (Å²) in [6.45, 7) is 6.32. The maximum Gasteiger partial charge on any atom is 0.236 e. The molecule has 0 saturated carbocycles. The van der Waals surface area contributed by atoms with E-state index in [2.05, 4.69) is 10.2 Å². The Morgan fingerprint density at radius 2 is 1.95 bits per heavy atom. The summed E-state index contributed by atoms with van der Waals surface area (Å²) in [5.41, 5.74) is 5.71. The van der Waals surface area contributed by atoms with Gasteiger partial charge in [0.25, 0.3) is 0 Å². The molecule has 0 aromatic rings. The fraction of sp³-hybridized carbons (Fsp3) is 0.929. The third-order valence-electron chi connectivity index (χ3n) is 4.46. The molecule has 0 aromatic heterocycles. The van der Waals surface area contributed by atoms with E-state index in [-0.39, 0.29) is 11.4 Å². The zero-order chi connectivity index (χ0) is 13.7. The number of ether oxygens (including phenoxy) is 1. The van der Waals surface area contributed by atoms with Crippen LogP contribution >= 0.6 is 0 Å². The Bertz CT molecular complexity index is 295. The Kier molecular flexibility index (Phi) is 5.19. The molecule has 3 N–H and O–H groups in total. The van der Waals surface area contributed by atoms with E-state index < -0.39 is 6.04 Å². The summed E-state index contributed by atoms with van der Waals surface area (Å²) in [4.78, 5) is 14.3. The summed E-state index contributed by atoms with van der Waals surface area (Å²) in [5, 5.41) is 3.03. The molecule has 1 amide bonds. The summed E-state index contributed by atoms with van der Waals surface area (Å²) in [5.74, 6) is -0.0529. The maximum atomic E-state index is 11.7. The molecule has 0 aromatic carbocycles. The third kappa shape index (κ3) is 3.68. The Hall–Kier alpha value is -0.650. The summed E-state index contributed by atoms with van der Waals surface area (Å²) >= 11 is 0. The summed E-state index contributed by atoms with van der Waals surface area (Å²) in [6.07, 6.45) is 5.88. The van der Waals surface area contributed by atoms with Gasteiger partial charge in [-0.2, -0.15) is 0 Å². The van der Waals surface area contributed by atoms with E-state index >= 15 is 0 Å². The van der Waals surface area contributed by atoms with Crippen LogP contribution in [0.25, 0.3) is 0 Å². The zero-order valence-corrected chi connectivity index (χ0v) is 12.0. The van der Waals surface area contributed by atoms with Crippen LogP contribution in [0, 0.1) is 0 Å². The maximum absolute atomic E-state index is 11.7. The molecule has 2 heterocycles. The number of piperidine rings is 1. The second-order valence-electron chi connectivity index (χ2n) is 5.89. The largest absolute Gasteiger partial charge is 0.381 e. The summed E-state index contributed by atoms with van der Waals surface area (Å²) in [7, 11) is 0. The van der Waals surface area contributed by atoms with Gasteiger partial charge >= 0.3 is 0 Å². The fourth-order valence-corrected chi connectivity index (χ4v) is 3.14. The van der Waals surface area contributed by atoms with Crippen molar-refractivity contribution in [1.29, 1.82) is 0 Å². The van der Waals surface area contributed by atoms with Crippen LogP contribution in [0.5, 0.6) is 0 Å². The zero-order valence-electron chi connectivity index (χ0n) is 12.0. The van der Waals surface area contributed by atoms with Gasteiger partial charge in [-0.05, 0) is 45.7 Å². The number of rotatable bonds is 4. The molecule has 2 aliphatic rings. The molecule has 1 atom stereocenters. The van der Waals surface area contributed by atoms with Crippen molar-refractivity contribution in [2.45, 2.75) is 50.6 Å². The standard InChI is InChI=1S/C14H27N3O2/c1-12(15)13(18)16-11-14(5-9-19-10-6-14)17-7-3-2-4-8-17/h12H,2-11,15H2,1H3,(H,16,18)/t12-/m1/s1. The third-order valence-corrected chi connectivity index (χ3v) is 4.46. The van der Waals surface area contributed by atoms with E-state index in [0.29, 0.717) is 6.54 Å². The molecule has 2 saturated heterocycles.